The van der Waals surface area contributed by atoms with Crippen LogP contribution in [0.15, 0.2) is 27.5 Å². The van der Waals surface area contributed by atoms with E-state index in [-0.39, 0.29) is 5.91 Å². The van der Waals surface area contributed by atoms with Crippen LogP contribution in [-0.4, -0.2) is 34.0 Å². The van der Waals surface area contributed by atoms with Gasteiger partial charge in [-0.15, -0.1) is 0 Å². The minimum atomic E-state index is -0.600. The molecule has 1 aliphatic rings. The molecular formula is C15H17N3O3. The van der Waals surface area contributed by atoms with Crippen LogP contribution >= 0.6 is 0 Å². The molecule has 1 N–H and O–H groups in total. The second-order valence-electron chi connectivity index (χ2n) is 5.27. The Kier molecular flexibility index (Phi) is 3.60. The van der Waals surface area contributed by atoms with Crippen molar-refractivity contribution in [2.45, 2.75) is 26.2 Å². The highest BCUT2D eigenvalue weighted by atomic mass is 16.5. The summed E-state index contributed by atoms with van der Waals surface area (Å²) in [6.45, 7) is 3.48. The zero-order chi connectivity index (χ0) is 14.8. The van der Waals surface area contributed by atoms with Crippen molar-refractivity contribution >= 4 is 5.91 Å². The molecule has 2 heterocycles. The van der Waals surface area contributed by atoms with Gasteiger partial charge in [-0.3, -0.25) is 14.3 Å². The first-order chi connectivity index (χ1) is 10.2. The van der Waals surface area contributed by atoms with Crippen molar-refractivity contribution in [1.82, 2.24) is 15.0 Å². The van der Waals surface area contributed by atoms with Crippen LogP contribution < -0.4 is 5.76 Å². The second-order valence-corrected chi connectivity index (χ2v) is 5.27. The van der Waals surface area contributed by atoms with Crippen molar-refractivity contribution in [2.24, 2.45) is 0 Å². The smallest absolute Gasteiger partial charge is 0.339 e. The monoisotopic (exact) mass is 287 g/mol. The summed E-state index contributed by atoms with van der Waals surface area (Å²) in [4.78, 5) is 28.1. The molecular weight excluding hydrogens is 270 g/mol. The Bertz CT molecular complexity index is 711. The lowest BCUT2D eigenvalue weighted by Crippen LogP contribution is -2.36. The number of aromatic amines is 1. The lowest BCUT2D eigenvalue weighted by Gasteiger charge is -2.27. The Morgan fingerprint density at radius 1 is 1.29 bits per heavy atom. The summed E-state index contributed by atoms with van der Waals surface area (Å²) in [5.41, 5.74) is 2.17. The molecule has 6 nitrogen and oxygen atoms in total. The molecule has 1 fully saturated rings. The molecule has 0 radical (unpaired) electrons. The zero-order valence-corrected chi connectivity index (χ0v) is 11.9. The van der Waals surface area contributed by atoms with Crippen molar-refractivity contribution in [2.75, 3.05) is 13.1 Å². The van der Waals surface area contributed by atoms with E-state index >= 15 is 0 Å². The highest BCUT2D eigenvalue weighted by Gasteiger charge is 2.21. The predicted octanol–water partition coefficient (Wildman–Crippen LogP) is 1.96. The molecule has 0 bridgehead atoms. The lowest BCUT2D eigenvalue weighted by molar-refractivity contribution is 0.0723. The largest absolute Gasteiger partial charge is 0.439 e. The van der Waals surface area contributed by atoms with Gasteiger partial charge in [-0.1, -0.05) is 17.3 Å². The van der Waals surface area contributed by atoms with E-state index in [0.29, 0.717) is 17.0 Å². The Morgan fingerprint density at radius 2 is 2.05 bits per heavy atom. The van der Waals surface area contributed by atoms with Gasteiger partial charge in [-0.2, -0.15) is 0 Å². The van der Waals surface area contributed by atoms with E-state index in [1.807, 2.05) is 24.0 Å². The minimum absolute atomic E-state index is 0.0416. The van der Waals surface area contributed by atoms with Crippen LogP contribution in [0.2, 0.25) is 0 Å². The molecule has 2 aromatic rings. The maximum absolute atomic E-state index is 12.6. The van der Waals surface area contributed by atoms with E-state index in [1.54, 1.807) is 6.07 Å². The van der Waals surface area contributed by atoms with Crippen LogP contribution in [0.4, 0.5) is 0 Å². The molecule has 0 spiro atoms. The number of carbonyl (C=O) groups is 1. The fourth-order valence-electron chi connectivity index (χ4n) is 2.74. The molecule has 0 saturated carbocycles. The molecule has 0 atom stereocenters. The molecule has 1 saturated heterocycles. The van der Waals surface area contributed by atoms with Crippen LogP contribution in [0.1, 0.15) is 35.2 Å². The molecule has 0 unspecified atom stereocenters. The number of piperidine rings is 1. The molecule has 1 aromatic heterocycles. The summed E-state index contributed by atoms with van der Waals surface area (Å²) in [7, 11) is 0. The van der Waals surface area contributed by atoms with Crippen molar-refractivity contribution in [3.05, 3.63) is 39.9 Å². The van der Waals surface area contributed by atoms with E-state index in [1.165, 1.54) is 6.42 Å². The normalized spacial score (nSPS) is 15.2. The molecule has 110 valence electrons. The third kappa shape index (κ3) is 2.61. The topological polar surface area (TPSA) is 79.2 Å². The summed E-state index contributed by atoms with van der Waals surface area (Å²) in [5.74, 6) is -0.206. The quantitative estimate of drug-likeness (QED) is 0.915. The van der Waals surface area contributed by atoms with Crippen molar-refractivity contribution in [3.8, 4) is 11.4 Å². The molecule has 1 amide bonds. The number of aromatic nitrogens is 2. The third-order valence-electron chi connectivity index (χ3n) is 3.90. The van der Waals surface area contributed by atoms with E-state index < -0.39 is 5.76 Å². The molecule has 6 heteroatoms. The number of nitrogens with one attached hydrogen (secondary N) is 1. The number of benzene rings is 1. The van der Waals surface area contributed by atoms with Crippen LogP contribution in [0, 0.1) is 6.92 Å². The van der Waals surface area contributed by atoms with Gasteiger partial charge in [0.25, 0.3) is 5.91 Å². The standard InChI is InChI=1S/C15H17N3O3/c1-10-11(13-16-15(20)21-17-13)6-5-7-12(10)14(19)18-8-3-2-4-9-18/h5-7H,2-4,8-9H2,1H3,(H,16,17,20). The van der Waals surface area contributed by atoms with E-state index in [0.717, 1.165) is 31.5 Å². The maximum Gasteiger partial charge on any atom is 0.439 e. The molecule has 1 aromatic carbocycles. The van der Waals surface area contributed by atoms with Crippen LogP contribution in [0.3, 0.4) is 0 Å². The van der Waals surface area contributed by atoms with Gasteiger partial charge in [0.1, 0.15) is 0 Å². The summed E-state index contributed by atoms with van der Waals surface area (Å²) in [5, 5.41) is 3.69. The fraction of sp³-hybridized carbons (Fsp3) is 0.400. The van der Waals surface area contributed by atoms with Crippen molar-refractivity contribution in [1.29, 1.82) is 0 Å². The number of hydrogen-bond donors (Lipinski definition) is 1. The van der Waals surface area contributed by atoms with Crippen LogP contribution in [-0.2, 0) is 0 Å². The SMILES string of the molecule is Cc1c(C(=O)N2CCCCC2)cccc1-c1noc(=O)[nH]1. The second kappa shape index (κ2) is 5.55. The van der Waals surface area contributed by atoms with Crippen LogP contribution in [0.25, 0.3) is 11.4 Å². The number of rotatable bonds is 2. The van der Waals surface area contributed by atoms with Gasteiger partial charge in [0.05, 0.1) is 0 Å². The fourth-order valence-corrected chi connectivity index (χ4v) is 2.74. The number of carbonyl (C=O) groups excluding carboxylic acids is 1. The number of H-pyrrole nitrogens is 1. The maximum atomic E-state index is 12.6. The van der Waals surface area contributed by atoms with Gasteiger partial charge < -0.3 is 4.90 Å². The highest BCUT2D eigenvalue weighted by molar-refractivity contribution is 5.97. The number of hydrogen-bond acceptors (Lipinski definition) is 4. The number of likely N-dealkylation sites (tertiary alicyclic amines) is 1. The first kappa shape index (κ1) is 13.6. The summed E-state index contributed by atoms with van der Waals surface area (Å²) >= 11 is 0. The Labute approximate surface area is 121 Å². The first-order valence-electron chi connectivity index (χ1n) is 7.12. The van der Waals surface area contributed by atoms with E-state index in [4.69, 9.17) is 0 Å². The van der Waals surface area contributed by atoms with Gasteiger partial charge in [-0.25, -0.2) is 4.79 Å². The number of nitrogens with zero attached hydrogens (tertiary/aromatic N) is 2. The summed E-state index contributed by atoms with van der Waals surface area (Å²) < 4.78 is 4.53. The van der Waals surface area contributed by atoms with Gasteiger partial charge in [0.15, 0.2) is 5.82 Å². The zero-order valence-electron chi connectivity index (χ0n) is 11.9. The lowest BCUT2D eigenvalue weighted by atomic mass is 10.00. The summed E-state index contributed by atoms with van der Waals surface area (Å²) in [6, 6.07) is 5.43. The first-order valence-corrected chi connectivity index (χ1v) is 7.12. The van der Waals surface area contributed by atoms with Gasteiger partial charge in [-0.05, 0) is 37.8 Å². The average Bonchev–Trinajstić information content (AvgIpc) is 2.94. The highest BCUT2D eigenvalue weighted by Crippen LogP contribution is 2.24. The number of amides is 1. The average molecular weight is 287 g/mol. The van der Waals surface area contributed by atoms with E-state index in [9.17, 15) is 9.59 Å². The van der Waals surface area contributed by atoms with E-state index in [2.05, 4.69) is 14.7 Å². The van der Waals surface area contributed by atoms with Gasteiger partial charge in [0, 0.05) is 24.2 Å². The molecule has 0 aliphatic carbocycles. The molecule has 21 heavy (non-hydrogen) atoms. The van der Waals surface area contributed by atoms with Crippen molar-refractivity contribution < 1.29 is 9.32 Å². The van der Waals surface area contributed by atoms with Gasteiger partial charge in [0.2, 0.25) is 0 Å². The Hall–Kier alpha value is -2.37. The third-order valence-corrected chi connectivity index (χ3v) is 3.90. The summed E-state index contributed by atoms with van der Waals surface area (Å²) in [6.07, 6.45) is 3.30. The van der Waals surface area contributed by atoms with Crippen molar-refractivity contribution in [3.63, 3.8) is 0 Å². The van der Waals surface area contributed by atoms with Gasteiger partial charge >= 0.3 is 5.76 Å². The molecule has 1 aliphatic heterocycles. The molecule has 3 rings (SSSR count). The predicted molar refractivity (Wildman–Crippen MR) is 77.1 cm³/mol. The minimum Gasteiger partial charge on any atom is -0.339 e. The Morgan fingerprint density at radius 3 is 2.71 bits per heavy atom. The van der Waals surface area contributed by atoms with Crippen LogP contribution in [0.5, 0.6) is 0 Å². The Balaban J connectivity index is 1.96.